The Kier molecular flexibility index (Phi) is 10.4. The highest BCUT2D eigenvalue weighted by Crippen LogP contribution is 2.27. The third kappa shape index (κ3) is 7.74. The summed E-state index contributed by atoms with van der Waals surface area (Å²) < 4.78 is 33.9. The van der Waals surface area contributed by atoms with Crippen LogP contribution < -0.4 is 14.4 Å². The van der Waals surface area contributed by atoms with Crippen LogP contribution in [0.1, 0.15) is 32.8 Å². The number of rotatable bonds is 12. The van der Waals surface area contributed by atoms with E-state index in [2.05, 4.69) is 5.32 Å². The van der Waals surface area contributed by atoms with Crippen LogP contribution in [0.25, 0.3) is 0 Å². The molecule has 0 unspecified atom stereocenters. The van der Waals surface area contributed by atoms with E-state index in [0.717, 1.165) is 10.7 Å². The van der Waals surface area contributed by atoms with Crippen LogP contribution in [-0.2, 0) is 26.2 Å². The molecule has 0 aromatic heterocycles. The molecule has 3 aromatic rings. The summed E-state index contributed by atoms with van der Waals surface area (Å²) >= 11 is 6.18. The third-order valence-corrected chi connectivity index (χ3v) is 8.38. The van der Waals surface area contributed by atoms with Gasteiger partial charge in [-0.2, -0.15) is 0 Å². The van der Waals surface area contributed by atoms with Crippen LogP contribution in [0.4, 0.5) is 5.69 Å². The molecule has 2 atom stereocenters. The predicted molar refractivity (Wildman–Crippen MR) is 153 cm³/mol. The minimum atomic E-state index is -4.15. The Balaban J connectivity index is 2.03. The smallest absolute Gasteiger partial charge is 0.264 e. The van der Waals surface area contributed by atoms with Gasteiger partial charge in [-0.25, -0.2) is 8.42 Å². The van der Waals surface area contributed by atoms with Crippen LogP contribution in [0.15, 0.2) is 83.8 Å². The van der Waals surface area contributed by atoms with E-state index in [1.165, 1.54) is 24.1 Å². The molecule has 0 saturated carbocycles. The fourth-order valence-corrected chi connectivity index (χ4v) is 5.53. The molecule has 39 heavy (non-hydrogen) atoms. The van der Waals surface area contributed by atoms with Gasteiger partial charge in [0.1, 0.15) is 18.3 Å². The molecule has 3 rings (SSSR count). The van der Waals surface area contributed by atoms with Gasteiger partial charge in [0, 0.05) is 23.7 Å². The summed E-state index contributed by atoms with van der Waals surface area (Å²) in [5.74, 6) is -0.451. The molecule has 0 radical (unpaired) electrons. The van der Waals surface area contributed by atoms with Crippen molar-refractivity contribution >= 4 is 39.1 Å². The Labute approximate surface area is 235 Å². The average molecular weight is 572 g/mol. The third-order valence-electron chi connectivity index (χ3n) is 6.36. The first-order valence-corrected chi connectivity index (χ1v) is 14.4. The topological polar surface area (TPSA) is 96.0 Å². The zero-order valence-corrected chi connectivity index (χ0v) is 24.1. The van der Waals surface area contributed by atoms with Gasteiger partial charge in [-0.3, -0.25) is 13.9 Å². The molecular formula is C29H34ClN3O5S. The van der Waals surface area contributed by atoms with Crippen LogP contribution >= 0.6 is 11.6 Å². The van der Waals surface area contributed by atoms with Gasteiger partial charge in [-0.1, -0.05) is 54.9 Å². The normalized spacial score (nSPS) is 12.7. The number of hydrogen-bond acceptors (Lipinski definition) is 5. The van der Waals surface area contributed by atoms with Crippen LogP contribution in [0.2, 0.25) is 5.02 Å². The average Bonchev–Trinajstić information content (AvgIpc) is 2.94. The first-order valence-electron chi connectivity index (χ1n) is 12.6. The van der Waals surface area contributed by atoms with E-state index in [9.17, 15) is 18.0 Å². The lowest BCUT2D eigenvalue weighted by Crippen LogP contribution is -2.52. The Bertz CT molecular complexity index is 1380. The minimum Gasteiger partial charge on any atom is -0.497 e. The van der Waals surface area contributed by atoms with Crippen molar-refractivity contribution in [2.45, 2.75) is 50.7 Å². The maximum absolute atomic E-state index is 13.9. The lowest BCUT2D eigenvalue weighted by atomic mass is 10.1. The summed E-state index contributed by atoms with van der Waals surface area (Å²) in [6.45, 7) is 4.98. The largest absolute Gasteiger partial charge is 0.497 e. The Morgan fingerprint density at radius 2 is 1.67 bits per heavy atom. The van der Waals surface area contributed by atoms with Gasteiger partial charge >= 0.3 is 0 Å². The van der Waals surface area contributed by atoms with E-state index < -0.39 is 28.5 Å². The molecule has 0 fully saturated rings. The molecule has 0 spiro atoms. The first kappa shape index (κ1) is 30.0. The van der Waals surface area contributed by atoms with Crippen molar-refractivity contribution in [3.63, 3.8) is 0 Å². The number of halogens is 1. The van der Waals surface area contributed by atoms with E-state index in [-0.39, 0.29) is 29.1 Å². The molecule has 8 nitrogen and oxygen atoms in total. The first-order chi connectivity index (χ1) is 18.6. The van der Waals surface area contributed by atoms with Gasteiger partial charge in [0.25, 0.3) is 10.0 Å². The number of carbonyl (C=O) groups excluding carboxylic acids is 2. The van der Waals surface area contributed by atoms with Crippen molar-refractivity contribution in [3.8, 4) is 5.75 Å². The molecule has 10 heteroatoms. The van der Waals surface area contributed by atoms with E-state index in [1.54, 1.807) is 73.7 Å². The highest BCUT2D eigenvalue weighted by Gasteiger charge is 2.33. The van der Waals surface area contributed by atoms with Crippen molar-refractivity contribution < 1.29 is 22.7 Å². The number of benzene rings is 3. The maximum Gasteiger partial charge on any atom is 0.264 e. The molecule has 2 amide bonds. The number of methoxy groups -OCH3 is 1. The van der Waals surface area contributed by atoms with Crippen LogP contribution in [0.3, 0.4) is 0 Å². The van der Waals surface area contributed by atoms with Crippen molar-refractivity contribution in [3.05, 3.63) is 89.4 Å². The van der Waals surface area contributed by atoms with Crippen LogP contribution in [-0.4, -0.2) is 50.9 Å². The molecule has 0 aliphatic rings. The number of ether oxygens (including phenoxy) is 1. The van der Waals surface area contributed by atoms with Crippen LogP contribution in [0, 0.1) is 0 Å². The Hall–Kier alpha value is -3.56. The van der Waals surface area contributed by atoms with Gasteiger partial charge < -0.3 is 15.0 Å². The number of carbonyl (C=O) groups is 2. The molecule has 0 aliphatic carbocycles. The van der Waals surface area contributed by atoms with Crippen LogP contribution in [0.5, 0.6) is 5.75 Å². The lowest BCUT2D eigenvalue weighted by molar-refractivity contribution is -0.139. The van der Waals surface area contributed by atoms with E-state index >= 15 is 0 Å². The Morgan fingerprint density at radius 3 is 2.31 bits per heavy atom. The second-order valence-corrected chi connectivity index (χ2v) is 11.5. The van der Waals surface area contributed by atoms with Crippen molar-refractivity contribution in [2.24, 2.45) is 0 Å². The number of anilines is 1. The summed E-state index contributed by atoms with van der Waals surface area (Å²) in [5, 5.41) is 3.40. The molecule has 3 aromatic carbocycles. The van der Waals surface area contributed by atoms with Crippen molar-refractivity contribution in [1.82, 2.24) is 10.2 Å². The second kappa shape index (κ2) is 13.5. The summed E-state index contributed by atoms with van der Waals surface area (Å²) in [7, 11) is -2.67. The van der Waals surface area contributed by atoms with Gasteiger partial charge in [-0.05, 0) is 62.2 Å². The summed E-state index contributed by atoms with van der Waals surface area (Å²) in [6, 6.07) is 20.4. The molecule has 208 valence electrons. The zero-order chi connectivity index (χ0) is 28.6. The van der Waals surface area contributed by atoms with E-state index in [0.29, 0.717) is 16.3 Å². The zero-order valence-electron chi connectivity index (χ0n) is 22.5. The SMILES string of the molecule is CC[C@@H](C)NC(=O)[C@H](C)N(Cc1cccc(Cl)c1)C(=O)CN(c1cccc(OC)c1)S(=O)(=O)c1ccccc1. The highest BCUT2D eigenvalue weighted by molar-refractivity contribution is 7.92. The van der Waals surface area contributed by atoms with Gasteiger partial charge in [0.2, 0.25) is 11.8 Å². The standard InChI is InChI=1S/C29H34ClN3O5S/c1-5-21(2)31-29(35)22(3)32(19-23-11-9-12-24(30)17-23)28(34)20-33(25-13-10-14-26(18-25)38-4)39(36,37)27-15-7-6-8-16-27/h6-18,21-22H,5,19-20H2,1-4H3,(H,31,35)/t21-,22+/m1/s1. The highest BCUT2D eigenvalue weighted by atomic mass is 35.5. The van der Waals surface area contributed by atoms with Gasteiger partial charge in [-0.15, -0.1) is 0 Å². The molecule has 0 heterocycles. The number of nitrogens with one attached hydrogen (secondary N) is 1. The number of sulfonamides is 1. The number of nitrogens with zero attached hydrogens (tertiary/aromatic N) is 2. The predicted octanol–water partition coefficient (Wildman–Crippen LogP) is 4.88. The molecule has 1 N–H and O–H groups in total. The fourth-order valence-electron chi connectivity index (χ4n) is 3.89. The molecule has 0 saturated heterocycles. The van der Waals surface area contributed by atoms with Gasteiger partial charge in [0.15, 0.2) is 0 Å². The summed E-state index contributed by atoms with van der Waals surface area (Å²) in [4.78, 5) is 28.4. The van der Waals surface area contributed by atoms with E-state index in [1.807, 2.05) is 13.8 Å². The molecule has 0 bridgehead atoms. The molecular weight excluding hydrogens is 538 g/mol. The summed E-state index contributed by atoms with van der Waals surface area (Å²) in [5.41, 5.74) is 0.962. The second-order valence-electron chi connectivity index (χ2n) is 9.17. The molecule has 0 aliphatic heterocycles. The van der Waals surface area contributed by atoms with E-state index in [4.69, 9.17) is 16.3 Å². The summed E-state index contributed by atoms with van der Waals surface area (Å²) in [6.07, 6.45) is 0.722. The monoisotopic (exact) mass is 571 g/mol. The minimum absolute atomic E-state index is 0.0320. The van der Waals surface area contributed by atoms with Crippen molar-refractivity contribution in [1.29, 1.82) is 0 Å². The quantitative estimate of drug-likeness (QED) is 0.334. The fraction of sp³-hybridized carbons (Fsp3) is 0.310. The maximum atomic E-state index is 13.9. The number of hydrogen-bond donors (Lipinski definition) is 1. The van der Waals surface area contributed by atoms with Crippen molar-refractivity contribution in [2.75, 3.05) is 18.0 Å². The number of amides is 2. The van der Waals surface area contributed by atoms with Gasteiger partial charge in [0.05, 0.1) is 17.7 Å². The Morgan fingerprint density at radius 1 is 0.974 bits per heavy atom. The lowest BCUT2D eigenvalue weighted by Gasteiger charge is -2.32.